The molecule has 0 aromatic heterocycles. The van der Waals surface area contributed by atoms with Crippen molar-refractivity contribution in [2.75, 3.05) is 33.4 Å². The SMILES string of the molecule is COc1ccc(C)cc1C(C)NN1CCOCC1. The minimum atomic E-state index is 0.234. The molecule has 18 heavy (non-hydrogen) atoms. The first-order valence-electron chi connectivity index (χ1n) is 6.44. The molecule has 100 valence electrons. The van der Waals surface area contributed by atoms with Gasteiger partial charge in [-0.25, -0.2) is 10.4 Å². The lowest BCUT2D eigenvalue weighted by Gasteiger charge is -2.31. The lowest BCUT2D eigenvalue weighted by Crippen LogP contribution is -2.46. The van der Waals surface area contributed by atoms with Crippen LogP contribution in [-0.2, 0) is 4.74 Å². The van der Waals surface area contributed by atoms with Gasteiger partial charge in [-0.3, -0.25) is 0 Å². The molecule has 0 bridgehead atoms. The predicted octanol–water partition coefficient (Wildman–Crippen LogP) is 1.90. The number of benzene rings is 1. The minimum absolute atomic E-state index is 0.234. The Morgan fingerprint density at radius 2 is 2.06 bits per heavy atom. The molecule has 1 aliphatic rings. The molecule has 1 aromatic carbocycles. The number of rotatable bonds is 4. The normalized spacial score (nSPS) is 18.6. The van der Waals surface area contributed by atoms with E-state index in [1.165, 1.54) is 11.1 Å². The van der Waals surface area contributed by atoms with Crippen LogP contribution in [0.1, 0.15) is 24.1 Å². The average Bonchev–Trinajstić information content (AvgIpc) is 2.40. The molecule has 0 radical (unpaired) electrons. The second-order valence-corrected chi connectivity index (χ2v) is 4.70. The van der Waals surface area contributed by atoms with Crippen LogP contribution in [0, 0.1) is 6.92 Å². The summed E-state index contributed by atoms with van der Waals surface area (Å²) in [7, 11) is 1.72. The van der Waals surface area contributed by atoms with Crippen LogP contribution in [0.2, 0.25) is 0 Å². The van der Waals surface area contributed by atoms with E-state index in [2.05, 4.69) is 36.4 Å². The highest BCUT2D eigenvalue weighted by molar-refractivity contribution is 5.38. The molecule has 1 atom stereocenters. The van der Waals surface area contributed by atoms with Crippen LogP contribution in [0.5, 0.6) is 5.75 Å². The molecule has 1 aromatic rings. The lowest BCUT2D eigenvalue weighted by molar-refractivity contribution is 0.00469. The molecule has 1 saturated heterocycles. The summed E-state index contributed by atoms with van der Waals surface area (Å²) in [6, 6.07) is 6.51. The molecular weight excluding hydrogens is 228 g/mol. The Morgan fingerprint density at radius 3 is 2.72 bits per heavy atom. The summed E-state index contributed by atoms with van der Waals surface area (Å²) < 4.78 is 10.8. The molecule has 1 aliphatic heterocycles. The quantitative estimate of drug-likeness (QED) is 0.885. The Hall–Kier alpha value is -1.10. The van der Waals surface area contributed by atoms with Gasteiger partial charge in [0, 0.05) is 24.7 Å². The van der Waals surface area contributed by atoms with Gasteiger partial charge in [-0.05, 0) is 19.9 Å². The summed E-state index contributed by atoms with van der Waals surface area (Å²) in [6.07, 6.45) is 0. The van der Waals surface area contributed by atoms with E-state index in [1.54, 1.807) is 7.11 Å². The van der Waals surface area contributed by atoms with Crippen molar-refractivity contribution in [2.24, 2.45) is 0 Å². The van der Waals surface area contributed by atoms with Gasteiger partial charge in [0.25, 0.3) is 0 Å². The first-order chi connectivity index (χ1) is 8.70. The number of hydrazine groups is 1. The zero-order valence-electron chi connectivity index (χ0n) is 11.4. The molecule has 2 rings (SSSR count). The second-order valence-electron chi connectivity index (χ2n) is 4.70. The van der Waals surface area contributed by atoms with Gasteiger partial charge in [-0.1, -0.05) is 17.7 Å². The fourth-order valence-electron chi connectivity index (χ4n) is 2.23. The fourth-order valence-corrected chi connectivity index (χ4v) is 2.23. The van der Waals surface area contributed by atoms with Crippen molar-refractivity contribution in [1.29, 1.82) is 0 Å². The Bertz CT molecular complexity index is 389. The fraction of sp³-hybridized carbons (Fsp3) is 0.571. The molecule has 1 unspecified atom stereocenters. The third kappa shape index (κ3) is 3.22. The summed E-state index contributed by atoms with van der Waals surface area (Å²) in [4.78, 5) is 0. The van der Waals surface area contributed by atoms with Crippen molar-refractivity contribution in [2.45, 2.75) is 19.9 Å². The Kier molecular flexibility index (Phi) is 4.58. The van der Waals surface area contributed by atoms with Crippen LogP contribution in [-0.4, -0.2) is 38.4 Å². The molecular formula is C14H22N2O2. The largest absolute Gasteiger partial charge is 0.496 e. The zero-order valence-corrected chi connectivity index (χ0v) is 11.4. The van der Waals surface area contributed by atoms with Crippen molar-refractivity contribution in [3.63, 3.8) is 0 Å². The molecule has 1 fully saturated rings. The molecule has 4 nitrogen and oxygen atoms in total. The summed E-state index contributed by atoms with van der Waals surface area (Å²) in [5.41, 5.74) is 5.96. The highest BCUT2D eigenvalue weighted by Crippen LogP contribution is 2.26. The number of morpholine rings is 1. The Morgan fingerprint density at radius 1 is 1.33 bits per heavy atom. The Labute approximate surface area is 109 Å². The number of hydrogen-bond acceptors (Lipinski definition) is 4. The second kappa shape index (κ2) is 6.18. The summed E-state index contributed by atoms with van der Waals surface area (Å²) in [5.74, 6) is 0.939. The summed E-state index contributed by atoms with van der Waals surface area (Å²) >= 11 is 0. The van der Waals surface area contributed by atoms with E-state index in [0.717, 1.165) is 32.1 Å². The molecule has 0 aliphatic carbocycles. The van der Waals surface area contributed by atoms with E-state index in [0.29, 0.717) is 0 Å². The number of ether oxygens (including phenoxy) is 2. The van der Waals surface area contributed by atoms with E-state index in [-0.39, 0.29) is 6.04 Å². The highest BCUT2D eigenvalue weighted by atomic mass is 16.5. The summed E-state index contributed by atoms with van der Waals surface area (Å²) in [6.45, 7) is 7.71. The third-order valence-electron chi connectivity index (χ3n) is 3.24. The molecule has 1 heterocycles. The van der Waals surface area contributed by atoms with Gasteiger partial charge in [-0.2, -0.15) is 0 Å². The average molecular weight is 250 g/mol. The number of methoxy groups -OCH3 is 1. The van der Waals surface area contributed by atoms with Gasteiger partial charge in [0.1, 0.15) is 5.75 Å². The monoisotopic (exact) mass is 250 g/mol. The van der Waals surface area contributed by atoms with Crippen molar-refractivity contribution < 1.29 is 9.47 Å². The maximum Gasteiger partial charge on any atom is 0.123 e. The third-order valence-corrected chi connectivity index (χ3v) is 3.24. The molecule has 0 amide bonds. The van der Waals surface area contributed by atoms with Crippen LogP contribution >= 0.6 is 0 Å². The van der Waals surface area contributed by atoms with Crippen molar-refractivity contribution in [3.8, 4) is 5.75 Å². The van der Waals surface area contributed by atoms with Crippen LogP contribution < -0.4 is 10.2 Å². The maximum absolute atomic E-state index is 5.43. The molecule has 0 saturated carbocycles. The number of nitrogens with zero attached hydrogens (tertiary/aromatic N) is 1. The van der Waals surface area contributed by atoms with Gasteiger partial charge in [0.2, 0.25) is 0 Å². The van der Waals surface area contributed by atoms with E-state index in [4.69, 9.17) is 9.47 Å². The highest BCUT2D eigenvalue weighted by Gasteiger charge is 2.16. The number of hydrogen-bond donors (Lipinski definition) is 1. The van der Waals surface area contributed by atoms with E-state index in [9.17, 15) is 0 Å². The van der Waals surface area contributed by atoms with Gasteiger partial charge in [0.15, 0.2) is 0 Å². The molecule has 4 heteroatoms. The van der Waals surface area contributed by atoms with E-state index < -0.39 is 0 Å². The first kappa shape index (κ1) is 13.3. The molecule has 1 N–H and O–H groups in total. The minimum Gasteiger partial charge on any atom is -0.496 e. The standard InChI is InChI=1S/C14H22N2O2/c1-11-4-5-14(17-3)13(10-11)12(2)15-16-6-8-18-9-7-16/h4-5,10,12,15H,6-9H2,1-3H3. The zero-order chi connectivity index (χ0) is 13.0. The number of nitrogens with one attached hydrogen (secondary N) is 1. The van der Waals surface area contributed by atoms with Gasteiger partial charge >= 0.3 is 0 Å². The van der Waals surface area contributed by atoms with Crippen LogP contribution in [0.4, 0.5) is 0 Å². The maximum atomic E-state index is 5.43. The van der Waals surface area contributed by atoms with E-state index in [1.807, 2.05) is 6.07 Å². The van der Waals surface area contributed by atoms with Crippen molar-refractivity contribution in [1.82, 2.24) is 10.4 Å². The van der Waals surface area contributed by atoms with Gasteiger partial charge in [-0.15, -0.1) is 0 Å². The van der Waals surface area contributed by atoms with Crippen molar-refractivity contribution in [3.05, 3.63) is 29.3 Å². The Balaban J connectivity index is 2.07. The smallest absolute Gasteiger partial charge is 0.123 e. The van der Waals surface area contributed by atoms with Crippen LogP contribution in [0.15, 0.2) is 18.2 Å². The summed E-state index contributed by atoms with van der Waals surface area (Å²) in [5, 5.41) is 2.22. The lowest BCUT2D eigenvalue weighted by atomic mass is 10.0. The topological polar surface area (TPSA) is 33.7 Å². The molecule has 0 spiro atoms. The van der Waals surface area contributed by atoms with Crippen LogP contribution in [0.25, 0.3) is 0 Å². The number of aryl methyl sites for hydroxylation is 1. The van der Waals surface area contributed by atoms with Crippen LogP contribution in [0.3, 0.4) is 0 Å². The van der Waals surface area contributed by atoms with E-state index >= 15 is 0 Å². The first-order valence-corrected chi connectivity index (χ1v) is 6.44. The van der Waals surface area contributed by atoms with Crippen molar-refractivity contribution >= 4 is 0 Å². The van der Waals surface area contributed by atoms with Gasteiger partial charge < -0.3 is 9.47 Å². The van der Waals surface area contributed by atoms with Gasteiger partial charge in [0.05, 0.1) is 20.3 Å². The predicted molar refractivity (Wildman–Crippen MR) is 71.7 cm³/mol.